The molecule has 0 bridgehead atoms. The molecule has 0 fully saturated rings. The van der Waals surface area contributed by atoms with Gasteiger partial charge in [-0.1, -0.05) is 39.7 Å². The van der Waals surface area contributed by atoms with Crippen LogP contribution in [0.5, 0.6) is 0 Å². The molecule has 0 amide bonds. The van der Waals surface area contributed by atoms with Crippen molar-refractivity contribution in [3.63, 3.8) is 0 Å². The molecule has 0 N–H and O–H groups in total. The Balaban J connectivity index is -0.000000112. The van der Waals surface area contributed by atoms with Gasteiger partial charge in [-0.2, -0.15) is 0 Å². The highest BCUT2D eigenvalue weighted by Gasteiger charge is 2.30. The summed E-state index contributed by atoms with van der Waals surface area (Å²) in [5, 5.41) is 0. The number of hydrogen-bond acceptors (Lipinski definition) is 1. The van der Waals surface area contributed by atoms with E-state index in [-0.39, 0.29) is 5.76 Å². The molecule has 0 aliphatic rings. The number of ether oxygens (including phenoxy) is 1. The first-order valence-electron chi connectivity index (χ1n) is 7.08. The van der Waals surface area contributed by atoms with Gasteiger partial charge in [-0.05, 0) is 39.7 Å². The molecule has 0 spiro atoms. The normalized spacial score (nSPS) is 9.48. The summed E-state index contributed by atoms with van der Waals surface area (Å²) in [4.78, 5) is 0. The minimum absolute atomic E-state index is 0.102. The molecule has 0 rings (SSSR count). The lowest BCUT2D eigenvalue weighted by Crippen LogP contribution is -2.11. The topological polar surface area (TPSA) is 9.23 Å². The fraction of sp³-hybridized carbons (Fsp3) is 0.647. The lowest BCUT2D eigenvalue weighted by Gasteiger charge is -2.07. The van der Waals surface area contributed by atoms with Crippen LogP contribution >= 0.6 is 0 Å². The fourth-order valence-electron chi connectivity index (χ4n) is 0.938. The Hall–Kier alpha value is -1.37. The molecule has 0 unspecified atom stereocenters. The van der Waals surface area contributed by atoms with E-state index in [0.29, 0.717) is 6.42 Å². The van der Waals surface area contributed by atoms with Gasteiger partial charge in [0.25, 0.3) is 0 Å². The van der Waals surface area contributed by atoms with Crippen molar-refractivity contribution in [1.29, 1.82) is 0 Å². The summed E-state index contributed by atoms with van der Waals surface area (Å²) in [6.45, 7) is 16.6. The summed E-state index contributed by atoms with van der Waals surface area (Å²) in [7, 11) is 0. The number of hydrogen-bond donors (Lipinski definition) is 0. The van der Waals surface area contributed by atoms with Gasteiger partial charge in [0.1, 0.15) is 0 Å². The molecule has 0 radical (unpaired) electrons. The molecule has 0 saturated heterocycles. The zero-order chi connectivity index (χ0) is 17.9. The van der Waals surface area contributed by atoms with Crippen molar-refractivity contribution in [2.75, 3.05) is 0 Å². The van der Waals surface area contributed by atoms with E-state index >= 15 is 0 Å². The van der Waals surface area contributed by atoms with Gasteiger partial charge in [0.05, 0.1) is 5.76 Å². The Morgan fingerprint density at radius 1 is 1.24 bits per heavy atom. The van der Waals surface area contributed by atoms with Gasteiger partial charge in [-0.15, -0.1) is 32.1 Å². The average Bonchev–Trinajstić information content (AvgIpc) is 2.31. The minimum Gasteiger partial charge on any atom is -0.411 e. The molecule has 0 heterocycles. The van der Waals surface area contributed by atoms with Gasteiger partial charge >= 0.3 is 6.36 Å². The quantitative estimate of drug-likeness (QED) is 0.313. The fourth-order valence-corrected chi connectivity index (χ4v) is 0.938. The molecular weight excluding hydrogens is 277 g/mol. The van der Waals surface area contributed by atoms with E-state index in [1.807, 2.05) is 13.8 Å². The molecule has 0 aromatic rings. The SMILES string of the molecule is C#CC.C=C(C)CCC.CC.CC/C=C(\C)OC(F)(F)F. The summed E-state index contributed by atoms with van der Waals surface area (Å²) in [5.41, 5.74) is 1.29. The van der Waals surface area contributed by atoms with E-state index in [0.717, 1.165) is 0 Å². The summed E-state index contributed by atoms with van der Waals surface area (Å²) in [6, 6.07) is 0. The van der Waals surface area contributed by atoms with E-state index in [2.05, 4.69) is 37.5 Å². The largest absolute Gasteiger partial charge is 0.572 e. The van der Waals surface area contributed by atoms with Gasteiger partial charge in [-0.3, -0.25) is 0 Å². The van der Waals surface area contributed by atoms with Crippen molar-refractivity contribution >= 4 is 0 Å². The third-order valence-electron chi connectivity index (χ3n) is 1.45. The standard InChI is InChI=1S/C6H9F3O.C6H12.C3H4.C2H6/c1-3-4-5(2)10-6(7,8)9;1-4-5-6(2)3;1-3-2;1-2/h4H,3H2,1-2H3;2,4-5H2,1,3H3;1H,2H3;1-2H3/b5-4+;;;. The minimum atomic E-state index is -4.55. The van der Waals surface area contributed by atoms with E-state index in [4.69, 9.17) is 0 Å². The van der Waals surface area contributed by atoms with Gasteiger partial charge in [-0.25, -0.2) is 0 Å². The third kappa shape index (κ3) is 55.6. The monoisotopic (exact) mass is 308 g/mol. The van der Waals surface area contributed by atoms with Crippen LogP contribution in [0.4, 0.5) is 13.2 Å². The van der Waals surface area contributed by atoms with Crippen LogP contribution in [-0.2, 0) is 4.74 Å². The summed E-state index contributed by atoms with van der Waals surface area (Å²) < 4.78 is 37.6. The predicted molar refractivity (Wildman–Crippen MR) is 86.8 cm³/mol. The smallest absolute Gasteiger partial charge is 0.411 e. The van der Waals surface area contributed by atoms with Crippen LogP contribution in [0.1, 0.15) is 67.7 Å². The maximum Gasteiger partial charge on any atom is 0.572 e. The number of allylic oxidation sites excluding steroid dienone is 3. The highest BCUT2D eigenvalue weighted by Crippen LogP contribution is 2.20. The molecule has 0 saturated carbocycles. The summed E-state index contributed by atoms with van der Waals surface area (Å²) in [5.74, 6) is 2.15. The molecule has 0 aliphatic carbocycles. The zero-order valence-corrected chi connectivity index (χ0v) is 14.5. The summed E-state index contributed by atoms with van der Waals surface area (Å²) >= 11 is 0. The van der Waals surface area contributed by atoms with Crippen LogP contribution < -0.4 is 0 Å². The van der Waals surface area contributed by atoms with Crippen molar-refractivity contribution in [2.24, 2.45) is 0 Å². The van der Waals surface area contributed by atoms with E-state index in [1.54, 1.807) is 13.8 Å². The zero-order valence-electron chi connectivity index (χ0n) is 14.5. The highest BCUT2D eigenvalue weighted by molar-refractivity contribution is 4.87. The van der Waals surface area contributed by atoms with Crippen molar-refractivity contribution in [3.8, 4) is 12.3 Å². The van der Waals surface area contributed by atoms with Crippen molar-refractivity contribution in [3.05, 3.63) is 24.0 Å². The second-order valence-electron chi connectivity index (χ2n) is 3.77. The van der Waals surface area contributed by atoms with Gasteiger partial charge in [0.2, 0.25) is 0 Å². The first-order chi connectivity index (χ1) is 9.64. The first-order valence-corrected chi connectivity index (χ1v) is 7.08. The van der Waals surface area contributed by atoms with E-state index < -0.39 is 6.36 Å². The Bertz CT molecular complexity index is 283. The number of halogens is 3. The van der Waals surface area contributed by atoms with E-state index in [1.165, 1.54) is 31.4 Å². The average molecular weight is 308 g/mol. The molecule has 1 nitrogen and oxygen atoms in total. The van der Waals surface area contributed by atoms with Crippen molar-refractivity contribution in [2.45, 2.75) is 74.1 Å². The first kappa shape index (κ1) is 27.9. The molecule has 4 heteroatoms. The second-order valence-corrected chi connectivity index (χ2v) is 3.77. The van der Waals surface area contributed by atoms with Gasteiger partial charge < -0.3 is 4.74 Å². The maximum absolute atomic E-state index is 11.4. The van der Waals surface area contributed by atoms with Crippen LogP contribution in [-0.4, -0.2) is 6.36 Å². The van der Waals surface area contributed by atoms with Crippen molar-refractivity contribution < 1.29 is 17.9 Å². The van der Waals surface area contributed by atoms with Gasteiger partial charge in [0.15, 0.2) is 0 Å². The lowest BCUT2D eigenvalue weighted by molar-refractivity contribution is -0.305. The van der Waals surface area contributed by atoms with Crippen LogP contribution in [0, 0.1) is 12.3 Å². The summed E-state index contributed by atoms with van der Waals surface area (Å²) in [6.07, 6.45) is 4.38. The van der Waals surface area contributed by atoms with Crippen LogP contribution in [0.3, 0.4) is 0 Å². The molecule has 0 aromatic carbocycles. The molecule has 0 atom stereocenters. The number of terminal acetylenes is 1. The van der Waals surface area contributed by atoms with Crippen LogP contribution in [0.15, 0.2) is 24.0 Å². The van der Waals surface area contributed by atoms with Crippen molar-refractivity contribution in [1.82, 2.24) is 0 Å². The van der Waals surface area contributed by atoms with Crippen LogP contribution in [0.25, 0.3) is 0 Å². The number of alkyl halides is 3. The predicted octanol–water partition coefficient (Wildman–Crippen LogP) is 6.86. The maximum atomic E-state index is 11.4. The van der Waals surface area contributed by atoms with Crippen LogP contribution in [0.2, 0.25) is 0 Å². The lowest BCUT2D eigenvalue weighted by atomic mass is 10.2. The Morgan fingerprint density at radius 2 is 1.62 bits per heavy atom. The molecular formula is C17H31F3O. The highest BCUT2D eigenvalue weighted by atomic mass is 19.4. The second kappa shape index (κ2) is 20.9. The number of rotatable bonds is 4. The molecule has 21 heavy (non-hydrogen) atoms. The molecule has 0 aromatic heterocycles. The Morgan fingerprint density at radius 3 is 1.76 bits per heavy atom. The molecule has 0 aliphatic heterocycles. The third-order valence-corrected chi connectivity index (χ3v) is 1.45. The Kier molecular flexibility index (Phi) is 27.8. The van der Waals surface area contributed by atoms with Gasteiger partial charge in [0, 0.05) is 0 Å². The molecule has 126 valence electrons. The van der Waals surface area contributed by atoms with E-state index in [9.17, 15) is 13.2 Å². The Labute approximate surface area is 129 Å².